The number of hydrogen-bond acceptors (Lipinski definition) is 3. The fourth-order valence-electron chi connectivity index (χ4n) is 1.54. The lowest BCUT2D eigenvalue weighted by atomic mass is 10.1. The van der Waals surface area contributed by atoms with Gasteiger partial charge in [-0.15, -0.1) is 11.3 Å². The number of halogens is 1. The van der Waals surface area contributed by atoms with Gasteiger partial charge >= 0.3 is 0 Å². The van der Waals surface area contributed by atoms with Crippen LogP contribution < -0.4 is 5.32 Å². The normalized spacial score (nSPS) is 15.2. The van der Waals surface area contributed by atoms with Crippen LogP contribution >= 0.6 is 22.9 Å². The fraction of sp³-hybridized carbons (Fsp3) is 0.636. The van der Waals surface area contributed by atoms with Crippen molar-refractivity contribution in [1.29, 1.82) is 0 Å². The molecular formula is C11H18ClNOS. The summed E-state index contributed by atoms with van der Waals surface area (Å²) in [6.45, 7) is 4.47. The lowest BCUT2D eigenvalue weighted by Gasteiger charge is -2.20. The maximum atomic E-state index is 8.84. The molecule has 0 aliphatic carbocycles. The Morgan fingerprint density at radius 1 is 1.53 bits per heavy atom. The molecule has 4 heteroatoms. The SMILES string of the molecule is CCC(NC(C)CCO)c1ccc(Cl)s1. The molecule has 0 saturated carbocycles. The highest BCUT2D eigenvalue weighted by molar-refractivity contribution is 7.16. The highest BCUT2D eigenvalue weighted by Gasteiger charge is 2.13. The summed E-state index contributed by atoms with van der Waals surface area (Å²) >= 11 is 7.53. The predicted octanol–water partition coefficient (Wildman–Crippen LogP) is 3.21. The first-order chi connectivity index (χ1) is 7.17. The molecule has 2 nitrogen and oxygen atoms in total. The third kappa shape index (κ3) is 4.11. The van der Waals surface area contributed by atoms with Gasteiger partial charge in [0.25, 0.3) is 0 Å². The Hall–Kier alpha value is -0.0900. The van der Waals surface area contributed by atoms with Crippen molar-refractivity contribution in [2.24, 2.45) is 0 Å². The number of rotatable bonds is 6. The second kappa shape index (κ2) is 6.48. The molecule has 0 amide bonds. The molecule has 2 N–H and O–H groups in total. The lowest BCUT2D eigenvalue weighted by molar-refractivity contribution is 0.262. The molecular weight excluding hydrogens is 230 g/mol. The van der Waals surface area contributed by atoms with Gasteiger partial charge in [0.05, 0.1) is 4.34 Å². The summed E-state index contributed by atoms with van der Waals surface area (Å²) < 4.78 is 0.833. The molecule has 0 bridgehead atoms. The molecule has 1 aromatic heterocycles. The zero-order valence-corrected chi connectivity index (χ0v) is 10.7. The van der Waals surface area contributed by atoms with Gasteiger partial charge < -0.3 is 10.4 Å². The van der Waals surface area contributed by atoms with Crippen LogP contribution in [0.5, 0.6) is 0 Å². The van der Waals surface area contributed by atoms with Gasteiger partial charge in [-0.3, -0.25) is 0 Å². The van der Waals surface area contributed by atoms with E-state index >= 15 is 0 Å². The molecule has 86 valence electrons. The van der Waals surface area contributed by atoms with E-state index in [-0.39, 0.29) is 6.61 Å². The summed E-state index contributed by atoms with van der Waals surface area (Å²) in [7, 11) is 0. The van der Waals surface area contributed by atoms with Crippen LogP contribution in [0.25, 0.3) is 0 Å². The number of aliphatic hydroxyl groups is 1. The summed E-state index contributed by atoms with van der Waals surface area (Å²) in [5, 5.41) is 12.3. The minimum atomic E-state index is 0.232. The van der Waals surface area contributed by atoms with Crippen LogP contribution in [0, 0.1) is 0 Å². The van der Waals surface area contributed by atoms with Crippen molar-refractivity contribution in [2.75, 3.05) is 6.61 Å². The quantitative estimate of drug-likeness (QED) is 0.809. The summed E-state index contributed by atoms with van der Waals surface area (Å²) in [5.74, 6) is 0. The second-order valence-corrected chi connectivity index (χ2v) is 5.43. The van der Waals surface area contributed by atoms with E-state index in [0.717, 1.165) is 17.2 Å². The van der Waals surface area contributed by atoms with Crippen molar-refractivity contribution in [2.45, 2.75) is 38.8 Å². The van der Waals surface area contributed by atoms with Crippen LogP contribution in [-0.4, -0.2) is 17.8 Å². The third-order valence-corrected chi connectivity index (χ3v) is 3.74. The minimum absolute atomic E-state index is 0.232. The molecule has 2 atom stereocenters. The molecule has 1 heterocycles. The Kier molecular flexibility index (Phi) is 5.61. The standard InChI is InChI=1S/C11H18ClNOS/c1-3-9(13-8(2)6-7-14)10-4-5-11(12)15-10/h4-5,8-9,13-14H,3,6-7H2,1-2H3. The maximum absolute atomic E-state index is 8.84. The van der Waals surface area contributed by atoms with E-state index in [2.05, 4.69) is 25.2 Å². The van der Waals surface area contributed by atoms with Crippen LogP contribution in [0.15, 0.2) is 12.1 Å². The Bertz CT molecular complexity index is 290. The largest absolute Gasteiger partial charge is 0.396 e. The van der Waals surface area contributed by atoms with Gasteiger partial charge in [0.2, 0.25) is 0 Å². The van der Waals surface area contributed by atoms with Crippen LogP contribution in [0.3, 0.4) is 0 Å². The smallest absolute Gasteiger partial charge is 0.0931 e. The van der Waals surface area contributed by atoms with E-state index in [4.69, 9.17) is 16.7 Å². The Morgan fingerprint density at radius 2 is 2.27 bits per heavy atom. The van der Waals surface area contributed by atoms with Crippen LogP contribution in [-0.2, 0) is 0 Å². The average molecular weight is 248 g/mol. The average Bonchev–Trinajstić information content (AvgIpc) is 2.61. The summed E-state index contributed by atoms with van der Waals surface area (Å²) in [5.41, 5.74) is 0. The van der Waals surface area contributed by atoms with Crippen molar-refractivity contribution in [3.8, 4) is 0 Å². The van der Waals surface area contributed by atoms with Crippen LogP contribution in [0.1, 0.15) is 37.6 Å². The van der Waals surface area contributed by atoms with Crippen molar-refractivity contribution in [1.82, 2.24) is 5.32 Å². The molecule has 0 aromatic carbocycles. The third-order valence-electron chi connectivity index (χ3n) is 2.39. The van der Waals surface area contributed by atoms with Gasteiger partial charge in [0, 0.05) is 23.6 Å². The molecule has 15 heavy (non-hydrogen) atoms. The Morgan fingerprint density at radius 3 is 2.73 bits per heavy atom. The monoisotopic (exact) mass is 247 g/mol. The molecule has 0 radical (unpaired) electrons. The summed E-state index contributed by atoms with van der Waals surface area (Å²) in [4.78, 5) is 1.27. The Balaban J connectivity index is 2.56. The van der Waals surface area contributed by atoms with E-state index in [1.165, 1.54) is 4.88 Å². The van der Waals surface area contributed by atoms with Crippen molar-refractivity contribution in [3.05, 3.63) is 21.3 Å². The zero-order valence-electron chi connectivity index (χ0n) is 9.16. The van der Waals surface area contributed by atoms with Crippen LogP contribution in [0.4, 0.5) is 0 Å². The number of nitrogens with one attached hydrogen (secondary N) is 1. The topological polar surface area (TPSA) is 32.3 Å². The van der Waals surface area contributed by atoms with Gasteiger partial charge in [-0.2, -0.15) is 0 Å². The Labute approximate surface area is 100 Å². The number of thiophene rings is 1. The van der Waals surface area contributed by atoms with E-state index in [0.29, 0.717) is 12.1 Å². The van der Waals surface area contributed by atoms with E-state index in [1.807, 2.05) is 6.07 Å². The first kappa shape index (κ1) is 13.0. The predicted molar refractivity (Wildman–Crippen MR) is 66.7 cm³/mol. The minimum Gasteiger partial charge on any atom is -0.396 e. The summed E-state index contributed by atoms with van der Waals surface area (Å²) in [6.07, 6.45) is 1.82. The molecule has 0 spiro atoms. The van der Waals surface area contributed by atoms with E-state index < -0.39 is 0 Å². The maximum Gasteiger partial charge on any atom is 0.0931 e. The first-order valence-electron chi connectivity index (χ1n) is 5.29. The zero-order chi connectivity index (χ0) is 11.3. The van der Waals surface area contributed by atoms with E-state index in [9.17, 15) is 0 Å². The van der Waals surface area contributed by atoms with Crippen molar-refractivity contribution >= 4 is 22.9 Å². The molecule has 0 aliphatic rings. The molecule has 0 fully saturated rings. The number of hydrogen-bond donors (Lipinski definition) is 2. The van der Waals surface area contributed by atoms with Gasteiger partial charge in [-0.25, -0.2) is 0 Å². The van der Waals surface area contributed by atoms with Crippen molar-refractivity contribution < 1.29 is 5.11 Å². The van der Waals surface area contributed by atoms with Gasteiger partial charge in [-0.1, -0.05) is 18.5 Å². The molecule has 1 rings (SSSR count). The van der Waals surface area contributed by atoms with Gasteiger partial charge in [0.15, 0.2) is 0 Å². The van der Waals surface area contributed by atoms with Crippen LogP contribution in [0.2, 0.25) is 4.34 Å². The molecule has 0 saturated heterocycles. The van der Waals surface area contributed by atoms with E-state index in [1.54, 1.807) is 11.3 Å². The summed E-state index contributed by atoms with van der Waals surface area (Å²) in [6, 6.07) is 4.69. The molecule has 2 unspecified atom stereocenters. The molecule has 0 aliphatic heterocycles. The van der Waals surface area contributed by atoms with Gasteiger partial charge in [-0.05, 0) is 31.9 Å². The number of aliphatic hydroxyl groups excluding tert-OH is 1. The highest BCUT2D eigenvalue weighted by Crippen LogP contribution is 2.28. The lowest BCUT2D eigenvalue weighted by Crippen LogP contribution is -2.30. The molecule has 1 aromatic rings. The van der Waals surface area contributed by atoms with Gasteiger partial charge in [0.1, 0.15) is 0 Å². The highest BCUT2D eigenvalue weighted by atomic mass is 35.5. The van der Waals surface area contributed by atoms with Crippen molar-refractivity contribution in [3.63, 3.8) is 0 Å². The fourth-order valence-corrected chi connectivity index (χ4v) is 2.74. The first-order valence-corrected chi connectivity index (χ1v) is 6.49. The second-order valence-electron chi connectivity index (χ2n) is 3.68.